The first kappa shape index (κ1) is 53.0. The second-order valence-electron chi connectivity index (χ2n) is 18.8. The van der Waals surface area contributed by atoms with Crippen LogP contribution in [0.5, 0.6) is 11.5 Å². The Labute approximate surface area is 394 Å². The van der Waals surface area contributed by atoms with E-state index in [2.05, 4.69) is 89.5 Å². The van der Waals surface area contributed by atoms with E-state index in [9.17, 15) is 19.2 Å². The van der Waals surface area contributed by atoms with Gasteiger partial charge in [0.15, 0.2) is 0 Å². The van der Waals surface area contributed by atoms with Gasteiger partial charge in [0.2, 0.25) is 0 Å². The number of hydrogen-bond acceptors (Lipinski definition) is 10. The van der Waals surface area contributed by atoms with Crippen LogP contribution in [0.1, 0.15) is 141 Å². The minimum Gasteiger partial charge on any atom is -0.458 e. The van der Waals surface area contributed by atoms with Gasteiger partial charge in [0.1, 0.15) is 24.7 Å². The smallest absolute Gasteiger partial charge is 0.331 e. The molecule has 0 N–H and O–H groups in total. The Balaban J connectivity index is 1.52. The molecule has 356 valence electrons. The van der Waals surface area contributed by atoms with Crippen LogP contribution < -0.4 is 9.47 Å². The fourth-order valence-electron chi connectivity index (χ4n) is 8.26. The van der Waals surface area contributed by atoms with E-state index in [-0.39, 0.29) is 48.8 Å². The summed E-state index contributed by atoms with van der Waals surface area (Å²) in [6.45, 7) is 26.2. The molecule has 0 saturated carbocycles. The van der Waals surface area contributed by atoms with Crippen molar-refractivity contribution in [2.24, 2.45) is 11.8 Å². The Bertz CT molecular complexity index is 2020. The van der Waals surface area contributed by atoms with Crippen LogP contribution in [-0.4, -0.2) is 70.9 Å². The van der Waals surface area contributed by atoms with Crippen LogP contribution >= 0.6 is 0 Å². The summed E-state index contributed by atoms with van der Waals surface area (Å²) in [5.74, 6) is -2.02. The normalized spacial score (nSPS) is 12.8. The minimum atomic E-state index is -0.714. The molecule has 10 heteroatoms. The van der Waals surface area contributed by atoms with Gasteiger partial charge in [-0.1, -0.05) is 100 Å². The molecule has 4 aromatic carbocycles. The predicted octanol–water partition coefficient (Wildman–Crippen LogP) is 11.4. The number of nitrogens with zero attached hydrogens (tertiary/aromatic N) is 2. The molecular weight excluding hydrogens is 829 g/mol. The molecule has 0 unspecified atom stereocenters. The van der Waals surface area contributed by atoms with Gasteiger partial charge in [0.05, 0.1) is 11.8 Å². The topological polar surface area (TPSA) is 112 Å². The molecule has 0 aromatic heterocycles. The molecule has 0 fully saturated rings. The molecule has 0 heterocycles. The second kappa shape index (κ2) is 25.9. The van der Waals surface area contributed by atoms with Gasteiger partial charge in [-0.05, 0) is 128 Å². The Morgan fingerprint density at radius 3 is 1.11 bits per heavy atom. The number of ether oxygens (including phenoxy) is 4. The zero-order valence-corrected chi connectivity index (χ0v) is 41.4. The highest BCUT2D eigenvalue weighted by Crippen LogP contribution is 2.38. The van der Waals surface area contributed by atoms with Crippen molar-refractivity contribution in [2.75, 3.05) is 13.1 Å². The Morgan fingerprint density at radius 1 is 0.470 bits per heavy atom. The summed E-state index contributed by atoms with van der Waals surface area (Å²) in [6, 6.07) is 32.7. The van der Waals surface area contributed by atoms with E-state index >= 15 is 0 Å². The molecule has 0 radical (unpaired) electrons. The van der Waals surface area contributed by atoms with Crippen molar-refractivity contribution in [3.05, 3.63) is 143 Å². The van der Waals surface area contributed by atoms with E-state index in [0.29, 0.717) is 46.8 Å². The van der Waals surface area contributed by atoms with Crippen molar-refractivity contribution >= 4 is 23.9 Å². The monoisotopic (exact) mass is 903 g/mol. The molecule has 0 bridgehead atoms. The van der Waals surface area contributed by atoms with E-state index < -0.39 is 11.9 Å². The summed E-state index contributed by atoms with van der Waals surface area (Å²) >= 11 is 0. The molecule has 0 spiro atoms. The highest BCUT2D eigenvalue weighted by atomic mass is 16.5. The predicted molar refractivity (Wildman–Crippen MR) is 262 cm³/mol. The SMILES string of the molecule is CC(C)C(=O)Oc1ccc(COC(=O)/C=C/C(=O)OCc2ccc(OC(=O)C(C)C)c([C@H](CCN(C(C)C)C(C)C)c3ccccc3)c2)cc1[C@H](CCN(C(C)C)C(C)C)c1ccccc1. The third-order valence-electron chi connectivity index (χ3n) is 11.8. The highest BCUT2D eigenvalue weighted by molar-refractivity contribution is 5.91. The number of esters is 4. The van der Waals surface area contributed by atoms with Crippen molar-refractivity contribution in [1.29, 1.82) is 0 Å². The van der Waals surface area contributed by atoms with Crippen molar-refractivity contribution in [3.63, 3.8) is 0 Å². The molecule has 10 nitrogen and oxygen atoms in total. The summed E-state index contributed by atoms with van der Waals surface area (Å²) < 4.78 is 23.2. The molecule has 0 amide bonds. The molecule has 66 heavy (non-hydrogen) atoms. The summed E-state index contributed by atoms with van der Waals surface area (Å²) in [5, 5.41) is 0. The van der Waals surface area contributed by atoms with Gasteiger partial charge in [-0.15, -0.1) is 0 Å². The third kappa shape index (κ3) is 16.1. The van der Waals surface area contributed by atoms with E-state index in [1.807, 2.05) is 48.5 Å². The van der Waals surface area contributed by atoms with Crippen LogP contribution in [0.3, 0.4) is 0 Å². The van der Waals surface area contributed by atoms with Crippen molar-refractivity contribution < 1.29 is 38.1 Å². The Hall–Kier alpha value is -5.58. The van der Waals surface area contributed by atoms with Gasteiger partial charge < -0.3 is 18.9 Å². The lowest BCUT2D eigenvalue weighted by atomic mass is 9.86. The maximum absolute atomic E-state index is 13.0. The number of benzene rings is 4. The van der Waals surface area contributed by atoms with E-state index in [1.165, 1.54) is 0 Å². The molecular formula is C56H74N2O8. The van der Waals surface area contributed by atoms with Crippen molar-refractivity contribution in [1.82, 2.24) is 9.80 Å². The van der Waals surface area contributed by atoms with Gasteiger partial charge in [-0.25, -0.2) is 9.59 Å². The first-order valence-corrected chi connectivity index (χ1v) is 23.7. The molecule has 0 aliphatic rings. The summed E-state index contributed by atoms with van der Waals surface area (Å²) in [6.07, 6.45) is 3.64. The zero-order chi connectivity index (χ0) is 48.5. The van der Waals surface area contributed by atoms with Gasteiger partial charge in [0.25, 0.3) is 0 Å². The number of hydrogen-bond donors (Lipinski definition) is 0. The average molecular weight is 903 g/mol. The van der Waals surface area contributed by atoms with Crippen LogP contribution in [0.2, 0.25) is 0 Å². The Kier molecular flexibility index (Phi) is 20.8. The molecule has 2 atom stereocenters. The largest absolute Gasteiger partial charge is 0.458 e. The van der Waals surface area contributed by atoms with Crippen LogP contribution in [0.15, 0.2) is 109 Å². The summed E-state index contributed by atoms with van der Waals surface area (Å²) in [7, 11) is 0. The fraction of sp³-hybridized carbons (Fsp3) is 0.464. The van der Waals surface area contributed by atoms with Crippen molar-refractivity contribution in [3.8, 4) is 11.5 Å². The van der Waals surface area contributed by atoms with E-state index in [1.54, 1.807) is 52.0 Å². The van der Waals surface area contributed by atoms with Crippen molar-refractivity contribution in [2.45, 2.75) is 145 Å². The number of rotatable bonds is 24. The lowest BCUT2D eigenvalue weighted by molar-refractivity contribution is -0.141. The Morgan fingerprint density at radius 2 is 0.803 bits per heavy atom. The van der Waals surface area contributed by atoms with E-state index in [0.717, 1.165) is 60.3 Å². The van der Waals surface area contributed by atoms with Gasteiger partial charge in [-0.3, -0.25) is 19.4 Å². The van der Waals surface area contributed by atoms with E-state index in [4.69, 9.17) is 18.9 Å². The quantitative estimate of drug-likeness (QED) is 0.0383. The third-order valence-corrected chi connectivity index (χ3v) is 11.8. The summed E-state index contributed by atoms with van der Waals surface area (Å²) in [5.41, 5.74) is 5.23. The van der Waals surface area contributed by atoms with Gasteiger partial charge in [0, 0.05) is 59.3 Å². The summed E-state index contributed by atoms with van der Waals surface area (Å²) in [4.78, 5) is 56.7. The standard InChI is InChI=1S/C56H74N2O8/c1-37(2)55(61)65-51-25-23-43(33-49(51)47(45-19-15-13-16-20-45)29-31-57(39(5)6)40(7)8)35-63-53(59)27-28-54(60)64-36-44-24-26-52(66-56(62)38(3)4)50(34-44)48(46-21-17-14-18-22-46)30-32-58(41(9)10)42(11)12/h13-28,33-34,37-42,47-48H,29-32,35-36H2,1-12H3/b28-27+/t47-,48-/m1/s1. The van der Waals surface area contributed by atoms with Gasteiger partial charge in [-0.2, -0.15) is 0 Å². The number of carbonyl (C=O) groups is 4. The molecule has 4 rings (SSSR count). The molecule has 0 saturated heterocycles. The molecule has 4 aromatic rings. The molecule has 0 aliphatic heterocycles. The highest BCUT2D eigenvalue weighted by Gasteiger charge is 2.26. The van der Waals surface area contributed by atoms with Crippen LogP contribution in [0.25, 0.3) is 0 Å². The van der Waals surface area contributed by atoms with Crippen LogP contribution in [0, 0.1) is 11.8 Å². The zero-order valence-electron chi connectivity index (χ0n) is 41.4. The maximum atomic E-state index is 13.0. The first-order valence-electron chi connectivity index (χ1n) is 23.7. The second-order valence-corrected chi connectivity index (χ2v) is 18.8. The lowest BCUT2D eigenvalue weighted by Gasteiger charge is -2.32. The van der Waals surface area contributed by atoms with Crippen LogP contribution in [-0.2, 0) is 41.9 Å². The van der Waals surface area contributed by atoms with Gasteiger partial charge >= 0.3 is 23.9 Å². The fourth-order valence-corrected chi connectivity index (χ4v) is 8.26. The minimum absolute atomic E-state index is 0.0690. The number of carbonyl (C=O) groups excluding carboxylic acids is 4. The maximum Gasteiger partial charge on any atom is 0.331 e. The average Bonchev–Trinajstić information content (AvgIpc) is 3.28. The van der Waals surface area contributed by atoms with Crippen LogP contribution in [0.4, 0.5) is 0 Å². The first-order chi connectivity index (χ1) is 31.4. The lowest BCUT2D eigenvalue weighted by Crippen LogP contribution is -2.38. The molecule has 0 aliphatic carbocycles.